The summed E-state index contributed by atoms with van der Waals surface area (Å²) in [4.78, 5) is 25.2. The van der Waals surface area contributed by atoms with Crippen LogP contribution in [0, 0.1) is 12.3 Å². The molecule has 0 atom stereocenters. The first kappa shape index (κ1) is 20.7. The highest BCUT2D eigenvalue weighted by molar-refractivity contribution is 6.31. The van der Waals surface area contributed by atoms with E-state index in [-0.39, 0.29) is 5.97 Å². The van der Waals surface area contributed by atoms with E-state index in [1.54, 1.807) is 12.4 Å². The molecular weight excluding hydrogens is 412 g/mol. The number of piperidine rings is 2. The van der Waals surface area contributed by atoms with Crippen molar-refractivity contribution < 1.29 is 9.53 Å². The van der Waals surface area contributed by atoms with Gasteiger partial charge >= 0.3 is 5.97 Å². The molecule has 2 aromatic rings. The van der Waals surface area contributed by atoms with Gasteiger partial charge in [0.15, 0.2) is 11.0 Å². The molecule has 164 valence electrons. The van der Waals surface area contributed by atoms with Gasteiger partial charge in [-0.05, 0) is 74.7 Å². The monoisotopic (exact) mass is 440 g/mol. The number of aromatic nitrogens is 2. The van der Waals surface area contributed by atoms with E-state index in [0.717, 1.165) is 56.1 Å². The Morgan fingerprint density at radius 3 is 2.52 bits per heavy atom. The second kappa shape index (κ2) is 8.40. The van der Waals surface area contributed by atoms with Crippen LogP contribution in [-0.2, 0) is 17.8 Å². The molecular formula is C24H29ClN4O2. The average molecular weight is 441 g/mol. The Kier molecular flexibility index (Phi) is 5.61. The fourth-order valence-electron chi connectivity index (χ4n) is 5.42. The van der Waals surface area contributed by atoms with Gasteiger partial charge in [0.1, 0.15) is 6.61 Å². The van der Waals surface area contributed by atoms with Crippen LogP contribution in [0.1, 0.15) is 52.7 Å². The van der Waals surface area contributed by atoms with Crippen molar-refractivity contribution in [3.63, 3.8) is 0 Å². The molecule has 1 aromatic carbocycles. The molecule has 1 spiro atoms. The summed E-state index contributed by atoms with van der Waals surface area (Å²) in [6.45, 7) is 7.97. The van der Waals surface area contributed by atoms with Gasteiger partial charge < -0.3 is 14.5 Å². The number of halogens is 1. The van der Waals surface area contributed by atoms with E-state index in [2.05, 4.69) is 32.8 Å². The summed E-state index contributed by atoms with van der Waals surface area (Å²) in [7, 11) is 0. The Labute approximate surface area is 188 Å². The van der Waals surface area contributed by atoms with E-state index >= 15 is 0 Å². The highest BCUT2D eigenvalue weighted by Gasteiger charge is 2.38. The molecule has 0 N–H and O–H groups in total. The minimum Gasteiger partial charge on any atom is -0.457 e. The second-order valence-corrected chi connectivity index (χ2v) is 9.56. The zero-order chi connectivity index (χ0) is 21.4. The molecule has 0 bridgehead atoms. The fraction of sp³-hybridized carbons (Fsp3) is 0.542. The number of hydrogen-bond donors (Lipinski definition) is 0. The topological polar surface area (TPSA) is 58.6 Å². The van der Waals surface area contributed by atoms with Gasteiger partial charge in [-0.15, -0.1) is 0 Å². The third kappa shape index (κ3) is 4.03. The number of rotatable bonds is 4. The molecule has 31 heavy (non-hydrogen) atoms. The molecule has 3 aliphatic rings. The van der Waals surface area contributed by atoms with Crippen LogP contribution in [0.2, 0.25) is 5.15 Å². The van der Waals surface area contributed by atoms with Crippen LogP contribution in [0.15, 0.2) is 24.5 Å². The summed E-state index contributed by atoms with van der Waals surface area (Å²) >= 11 is 6.24. The Morgan fingerprint density at radius 2 is 1.77 bits per heavy atom. The van der Waals surface area contributed by atoms with Crippen LogP contribution >= 0.6 is 11.6 Å². The van der Waals surface area contributed by atoms with Crippen molar-refractivity contribution in [2.75, 3.05) is 37.6 Å². The highest BCUT2D eigenvalue weighted by atomic mass is 35.5. The van der Waals surface area contributed by atoms with Gasteiger partial charge in [-0.25, -0.2) is 14.8 Å². The zero-order valence-corrected chi connectivity index (χ0v) is 18.8. The Balaban J connectivity index is 1.13. The fourth-order valence-corrected chi connectivity index (χ4v) is 5.64. The largest absolute Gasteiger partial charge is 0.457 e. The number of nitrogens with zero attached hydrogens (tertiary/aromatic N) is 4. The van der Waals surface area contributed by atoms with Crippen molar-refractivity contribution in [2.45, 2.75) is 45.6 Å². The van der Waals surface area contributed by atoms with Crippen molar-refractivity contribution in [3.8, 4) is 0 Å². The standard InChI is InChI=1S/C24H29ClN4O2/c1-17-18(2-3-19-20(17)16-31-23(19)30)4-11-28-12-5-24(6-13-28)7-14-29(15-8-24)22-21(25)26-9-10-27-22/h2-3,9-10H,4-8,11-16H2,1H3. The average Bonchev–Trinajstić information content (AvgIpc) is 3.17. The molecule has 3 aliphatic heterocycles. The van der Waals surface area contributed by atoms with Gasteiger partial charge in [0.25, 0.3) is 0 Å². The van der Waals surface area contributed by atoms with Crippen LogP contribution < -0.4 is 4.90 Å². The summed E-state index contributed by atoms with van der Waals surface area (Å²) in [6, 6.07) is 4.05. The third-order valence-corrected chi connectivity index (χ3v) is 7.92. The Morgan fingerprint density at radius 1 is 1.06 bits per heavy atom. The van der Waals surface area contributed by atoms with Crippen molar-refractivity contribution in [3.05, 3.63) is 51.9 Å². The molecule has 0 amide bonds. The van der Waals surface area contributed by atoms with Crippen molar-refractivity contribution in [1.82, 2.24) is 14.9 Å². The first-order valence-corrected chi connectivity index (χ1v) is 11.6. The lowest BCUT2D eigenvalue weighted by Crippen LogP contribution is -2.47. The van der Waals surface area contributed by atoms with E-state index in [0.29, 0.717) is 17.2 Å². The van der Waals surface area contributed by atoms with Crippen LogP contribution in [0.4, 0.5) is 5.82 Å². The van der Waals surface area contributed by atoms with E-state index in [1.165, 1.54) is 36.8 Å². The molecule has 5 rings (SSSR count). The second-order valence-electron chi connectivity index (χ2n) is 9.20. The van der Waals surface area contributed by atoms with Gasteiger partial charge in [0, 0.05) is 37.6 Å². The third-order valence-electron chi connectivity index (χ3n) is 7.65. The lowest BCUT2D eigenvalue weighted by Gasteiger charge is -2.47. The summed E-state index contributed by atoms with van der Waals surface area (Å²) in [5.74, 6) is 0.645. The normalized spacial score (nSPS) is 20.7. The molecule has 1 aromatic heterocycles. The first-order chi connectivity index (χ1) is 15.0. The van der Waals surface area contributed by atoms with Gasteiger partial charge in [-0.2, -0.15) is 0 Å². The minimum absolute atomic E-state index is 0.182. The van der Waals surface area contributed by atoms with Gasteiger partial charge in [-0.1, -0.05) is 17.7 Å². The Bertz CT molecular complexity index is 978. The van der Waals surface area contributed by atoms with E-state index in [4.69, 9.17) is 16.3 Å². The van der Waals surface area contributed by atoms with E-state index < -0.39 is 0 Å². The zero-order valence-electron chi connectivity index (χ0n) is 18.1. The lowest BCUT2D eigenvalue weighted by atomic mass is 9.71. The highest BCUT2D eigenvalue weighted by Crippen LogP contribution is 2.42. The summed E-state index contributed by atoms with van der Waals surface area (Å²) < 4.78 is 5.19. The predicted molar refractivity (Wildman–Crippen MR) is 121 cm³/mol. The molecule has 2 fully saturated rings. The number of esters is 1. The van der Waals surface area contributed by atoms with E-state index in [9.17, 15) is 4.79 Å². The van der Waals surface area contributed by atoms with Crippen LogP contribution in [0.25, 0.3) is 0 Å². The SMILES string of the molecule is Cc1c(CCN2CCC3(CC2)CCN(c2nccnc2Cl)CC3)ccc2c1COC2=O. The maximum absolute atomic E-state index is 11.8. The number of likely N-dealkylation sites (tertiary alicyclic amines) is 1. The van der Waals surface area contributed by atoms with Crippen LogP contribution in [0.5, 0.6) is 0 Å². The summed E-state index contributed by atoms with van der Waals surface area (Å²) in [5, 5.41) is 0.506. The molecule has 0 radical (unpaired) electrons. The van der Waals surface area contributed by atoms with Gasteiger partial charge in [-0.3, -0.25) is 0 Å². The maximum atomic E-state index is 11.8. The number of ether oxygens (including phenoxy) is 1. The minimum atomic E-state index is -0.182. The van der Waals surface area contributed by atoms with Crippen LogP contribution in [-0.4, -0.2) is 53.6 Å². The number of anilines is 1. The van der Waals surface area contributed by atoms with E-state index in [1.807, 2.05) is 6.07 Å². The van der Waals surface area contributed by atoms with Crippen molar-refractivity contribution >= 4 is 23.4 Å². The quantitative estimate of drug-likeness (QED) is 0.669. The first-order valence-electron chi connectivity index (χ1n) is 11.3. The van der Waals surface area contributed by atoms with Crippen LogP contribution in [0.3, 0.4) is 0 Å². The molecule has 6 nitrogen and oxygen atoms in total. The molecule has 0 unspecified atom stereocenters. The number of fused-ring (bicyclic) bond motifs is 1. The smallest absolute Gasteiger partial charge is 0.338 e. The number of carbonyl (C=O) groups is 1. The number of carbonyl (C=O) groups excluding carboxylic acids is 1. The Hall–Kier alpha value is -2.18. The number of benzene rings is 1. The molecule has 7 heteroatoms. The summed E-state index contributed by atoms with van der Waals surface area (Å²) in [6.07, 6.45) is 9.32. The summed E-state index contributed by atoms with van der Waals surface area (Å²) in [5.41, 5.74) is 4.85. The molecule has 0 aliphatic carbocycles. The van der Waals surface area contributed by atoms with Gasteiger partial charge in [0.2, 0.25) is 0 Å². The molecule has 4 heterocycles. The predicted octanol–water partition coefficient (Wildman–Crippen LogP) is 4.03. The molecule has 2 saturated heterocycles. The van der Waals surface area contributed by atoms with Gasteiger partial charge in [0.05, 0.1) is 5.56 Å². The number of cyclic esters (lactones) is 1. The number of hydrogen-bond acceptors (Lipinski definition) is 6. The maximum Gasteiger partial charge on any atom is 0.338 e. The van der Waals surface area contributed by atoms with Crippen molar-refractivity contribution in [2.24, 2.45) is 5.41 Å². The molecule has 0 saturated carbocycles. The van der Waals surface area contributed by atoms with Crippen molar-refractivity contribution in [1.29, 1.82) is 0 Å². The lowest BCUT2D eigenvalue weighted by molar-refractivity contribution is 0.0535.